The molecule has 2 rings (SSSR count). The van der Waals surface area contributed by atoms with Gasteiger partial charge < -0.3 is 9.47 Å². The second-order valence-electron chi connectivity index (χ2n) is 5.43. The Kier molecular flexibility index (Phi) is 6.56. The second-order valence-corrected chi connectivity index (χ2v) is 7.44. The quantitative estimate of drug-likeness (QED) is 0.694. The summed E-state index contributed by atoms with van der Waals surface area (Å²) in [6, 6.07) is 9.39. The third-order valence-electron chi connectivity index (χ3n) is 3.72. The highest BCUT2D eigenvalue weighted by molar-refractivity contribution is 7.89. The van der Waals surface area contributed by atoms with Crippen LogP contribution in [0.2, 0.25) is 0 Å². The fourth-order valence-electron chi connectivity index (χ4n) is 2.55. The molecule has 1 aliphatic rings. The number of sulfonamides is 1. The smallest absolute Gasteiger partial charge is 0.310 e. The first-order valence-corrected chi connectivity index (χ1v) is 9.40. The van der Waals surface area contributed by atoms with E-state index in [9.17, 15) is 13.2 Å². The zero-order valence-corrected chi connectivity index (χ0v) is 14.1. The molecule has 1 aliphatic heterocycles. The molecular weight excluding hydrogens is 318 g/mol. The first-order valence-electron chi connectivity index (χ1n) is 7.79. The molecule has 0 N–H and O–H groups in total. The molecule has 0 saturated carbocycles. The van der Waals surface area contributed by atoms with Crippen molar-refractivity contribution in [1.82, 2.24) is 4.31 Å². The molecular formula is C16H23NO5S. The normalized spacial score (nSPS) is 17.6. The summed E-state index contributed by atoms with van der Waals surface area (Å²) in [6.45, 7) is 3.41. The number of carbonyl (C=O) groups is 1. The van der Waals surface area contributed by atoms with Crippen molar-refractivity contribution in [2.45, 2.75) is 13.3 Å². The van der Waals surface area contributed by atoms with Gasteiger partial charge in [0.25, 0.3) is 0 Å². The number of hydrogen-bond acceptors (Lipinski definition) is 5. The van der Waals surface area contributed by atoms with Gasteiger partial charge in [-0.1, -0.05) is 30.3 Å². The van der Waals surface area contributed by atoms with Crippen LogP contribution in [0, 0.1) is 5.92 Å². The number of hydrogen-bond donors (Lipinski definition) is 0. The fraction of sp³-hybridized carbons (Fsp3) is 0.562. The van der Waals surface area contributed by atoms with Gasteiger partial charge in [-0.15, -0.1) is 0 Å². The summed E-state index contributed by atoms with van der Waals surface area (Å²) >= 11 is 0. The summed E-state index contributed by atoms with van der Waals surface area (Å²) < 4.78 is 36.8. The van der Waals surface area contributed by atoms with E-state index in [-0.39, 0.29) is 12.4 Å². The van der Waals surface area contributed by atoms with E-state index < -0.39 is 21.9 Å². The molecule has 1 saturated heterocycles. The van der Waals surface area contributed by atoms with E-state index in [0.717, 1.165) is 5.56 Å². The maximum atomic E-state index is 12.6. The third-order valence-corrected chi connectivity index (χ3v) is 5.70. The largest absolute Gasteiger partial charge is 0.466 e. The average Bonchev–Trinajstić information content (AvgIpc) is 2.56. The number of carbonyl (C=O) groups excluding carboxylic acids is 1. The van der Waals surface area contributed by atoms with E-state index in [1.165, 1.54) is 4.31 Å². The lowest BCUT2D eigenvalue weighted by atomic mass is 10.0. The highest BCUT2D eigenvalue weighted by Gasteiger charge is 2.32. The molecule has 1 heterocycles. The van der Waals surface area contributed by atoms with Crippen LogP contribution >= 0.6 is 0 Å². The minimum atomic E-state index is -3.51. The zero-order chi connectivity index (χ0) is 16.7. The standard InChI is InChI=1S/C16H23NO5S/c1-2-22-16(18)15(12-14-6-4-3-5-7-14)13-23(19,20)17-8-10-21-11-9-17/h3-7,15H,2,8-13H2,1H3. The summed E-state index contributed by atoms with van der Waals surface area (Å²) in [4.78, 5) is 12.2. The average molecular weight is 341 g/mol. The van der Waals surface area contributed by atoms with Gasteiger partial charge >= 0.3 is 5.97 Å². The van der Waals surface area contributed by atoms with E-state index in [4.69, 9.17) is 9.47 Å². The third kappa shape index (κ3) is 5.30. The molecule has 1 aromatic rings. The van der Waals surface area contributed by atoms with Crippen molar-refractivity contribution in [1.29, 1.82) is 0 Å². The molecule has 1 atom stereocenters. The first-order chi connectivity index (χ1) is 11.0. The van der Waals surface area contributed by atoms with Crippen LogP contribution in [0.15, 0.2) is 30.3 Å². The maximum absolute atomic E-state index is 12.6. The summed E-state index contributed by atoms with van der Waals surface area (Å²) in [6.07, 6.45) is 0.350. The summed E-state index contributed by atoms with van der Waals surface area (Å²) in [7, 11) is -3.51. The summed E-state index contributed by atoms with van der Waals surface area (Å²) in [5, 5.41) is 0. The van der Waals surface area contributed by atoms with Gasteiger partial charge in [0.1, 0.15) is 0 Å². The molecule has 0 spiro atoms. The topological polar surface area (TPSA) is 72.9 Å². The van der Waals surface area contributed by atoms with Crippen molar-refractivity contribution in [3.63, 3.8) is 0 Å². The van der Waals surface area contributed by atoms with E-state index >= 15 is 0 Å². The van der Waals surface area contributed by atoms with Crippen LogP contribution in [0.3, 0.4) is 0 Å². The Morgan fingerprint density at radius 2 is 1.91 bits per heavy atom. The number of benzene rings is 1. The Morgan fingerprint density at radius 3 is 2.52 bits per heavy atom. The Hall–Kier alpha value is -1.44. The van der Waals surface area contributed by atoms with Crippen LogP contribution in [0.25, 0.3) is 0 Å². The number of nitrogens with zero attached hydrogens (tertiary/aromatic N) is 1. The SMILES string of the molecule is CCOC(=O)C(Cc1ccccc1)CS(=O)(=O)N1CCOCC1. The molecule has 23 heavy (non-hydrogen) atoms. The van der Waals surface area contributed by atoms with E-state index in [1.54, 1.807) is 6.92 Å². The van der Waals surface area contributed by atoms with E-state index in [0.29, 0.717) is 32.7 Å². The van der Waals surface area contributed by atoms with Gasteiger partial charge in [-0.25, -0.2) is 8.42 Å². The van der Waals surface area contributed by atoms with Crippen molar-refractivity contribution in [3.8, 4) is 0 Å². The fourth-order valence-corrected chi connectivity index (χ4v) is 4.23. The van der Waals surface area contributed by atoms with Crippen molar-refractivity contribution in [2.75, 3.05) is 38.7 Å². The van der Waals surface area contributed by atoms with Crippen molar-refractivity contribution >= 4 is 16.0 Å². The zero-order valence-electron chi connectivity index (χ0n) is 13.3. The Morgan fingerprint density at radius 1 is 1.26 bits per heavy atom. The van der Waals surface area contributed by atoms with Crippen LogP contribution < -0.4 is 0 Å². The van der Waals surface area contributed by atoms with Crippen LogP contribution in [0.5, 0.6) is 0 Å². The van der Waals surface area contributed by atoms with Gasteiger partial charge in [0.2, 0.25) is 10.0 Å². The van der Waals surface area contributed by atoms with Crippen molar-refractivity contribution in [2.24, 2.45) is 5.92 Å². The molecule has 6 nitrogen and oxygen atoms in total. The molecule has 7 heteroatoms. The van der Waals surface area contributed by atoms with Crippen LogP contribution in [0.1, 0.15) is 12.5 Å². The van der Waals surface area contributed by atoms with E-state index in [2.05, 4.69) is 0 Å². The van der Waals surface area contributed by atoms with Gasteiger partial charge in [-0.05, 0) is 18.9 Å². The lowest BCUT2D eigenvalue weighted by Gasteiger charge is -2.27. The number of morpholine rings is 1. The lowest BCUT2D eigenvalue weighted by molar-refractivity contribution is -0.147. The number of ether oxygens (including phenoxy) is 2. The van der Waals surface area contributed by atoms with Crippen molar-refractivity contribution < 1.29 is 22.7 Å². The molecule has 128 valence electrons. The second kappa shape index (κ2) is 8.42. The Balaban J connectivity index is 2.11. The van der Waals surface area contributed by atoms with Crippen LogP contribution in [0.4, 0.5) is 0 Å². The molecule has 0 aliphatic carbocycles. The van der Waals surface area contributed by atoms with Crippen molar-refractivity contribution in [3.05, 3.63) is 35.9 Å². The van der Waals surface area contributed by atoms with Gasteiger partial charge in [0.15, 0.2) is 0 Å². The van der Waals surface area contributed by atoms with Gasteiger partial charge in [-0.2, -0.15) is 4.31 Å². The molecule has 0 aromatic heterocycles. The van der Waals surface area contributed by atoms with Gasteiger partial charge in [0, 0.05) is 13.1 Å². The molecule has 0 bridgehead atoms. The summed E-state index contributed by atoms with van der Waals surface area (Å²) in [5.41, 5.74) is 0.919. The molecule has 1 fully saturated rings. The Labute approximate surface area is 137 Å². The predicted molar refractivity (Wildman–Crippen MR) is 86.4 cm³/mol. The Bertz CT molecular complexity index is 596. The minimum Gasteiger partial charge on any atom is -0.466 e. The monoisotopic (exact) mass is 341 g/mol. The lowest BCUT2D eigenvalue weighted by Crippen LogP contribution is -2.44. The van der Waals surface area contributed by atoms with Crippen LogP contribution in [-0.2, 0) is 30.7 Å². The highest BCUT2D eigenvalue weighted by Crippen LogP contribution is 2.16. The molecule has 1 unspecified atom stereocenters. The number of esters is 1. The maximum Gasteiger partial charge on any atom is 0.310 e. The predicted octanol–water partition coefficient (Wildman–Crippen LogP) is 1.07. The number of rotatable bonds is 7. The molecule has 0 radical (unpaired) electrons. The highest BCUT2D eigenvalue weighted by atomic mass is 32.2. The van der Waals surface area contributed by atoms with E-state index in [1.807, 2.05) is 30.3 Å². The van der Waals surface area contributed by atoms with Gasteiger partial charge in [0.05, 0.1) is 31.5 Å². The van der Waals surface area contributed by atoms with Gasteiger partial charge in [-0.3, -0.25) is 4.79 Å². The molecule has 0 amide bonds. The van der Waals surface area contributed by atoms with Crippen LogP contribution in [-0.4, -0.2) is 57.4 Å². The first kappa shape index (κ1) is 17.9. The molecule has 1 aromatic carbocycles. The summed E-state index contributed by atoms with van der Waals surface area (Å²) in [5.74, 6) is -1.40. The minimum absolute atomic E-state index is 0.235.